The van der Waals surface area contributed by atoms with Gasteiger partial charge in [0.15, 0.2) is 0 Å². The van der Waals surface area contributed by atoms with E-state index in [4.69, 9.17) is 5.84 Å². The highest BCUT2D eigenvalue weighted by Gasteiger charge is 2.09. The Morgan fingerprint density at radius 3 is 2.80 bits per heavy atom. The van der Waals surface area contributed by atoms with Crippen molar-refractivity contribution in [1.82, 2.24) is 15.4 Å². The van der Waals surface area contributed by atoms with Crippen LogP contribution in [0.4, 0.5) is 5.69 Å². The normalized spacial score (nSPS) is 9.40. The van der Waals surface area contributed by atoms with Gasteiger partial charge in [0.25, 0.3) is 5.56 Å². The maximum Gasteiger partial charge on any atom is 0.274 e. The maximum absolute atomic E-state index is 11.1. The lowest BCUT2D eigenvalue weighted by molar-refractivity contribution is -0.126. The molecule has 0 fully saturated rings. The summed E-state index contributed by atoms with van der Waals surface area (Å²) in [6.07, 6.45) is 1.91. The molecule has 0 atom stereocenters. The van der Waals surface area contributed by atoms with E-state index in [1.54, 1.807) is 5.43 Å². The first kappa shape index (κ1) is 10.9. The lowest BCUT2D eigenvalue weighted by Crippen LogP contribution is -2.33. The topological polar surface area (TPSA) is 130 Å². The summed E-state index contributed by atoms with van der Waals surface area (Å²) in [5.41, 5.74) is 1.28. The van der Waals surface area contributed by atoms with Crippen molar-refractivity contribution in [2.24, 2.45) is 5.84 Å². The van der Waals surface area contributed by atoms with Gasteiger partial charge in [0, 0.05) is 0 Å². The third kappa shape index (κ3) is 3.19. The Kier molecular flexibility index (Phi) is 3.52. The molecule has 2 amide bonds. The Balaban J connectivity index is 2.63. The first-order valence-corrected chi connectivity index (χ1v) is 3.95. The van der Waals surface area contributed by atoms with Gasteiger partial charge in [-0.15, -0.1) is 0 Å². The van der Waals surface area contributed by atoms with Crippen molar-refractivity contribution in [3.05, 3.63) is 22.9 Å². The number of carbonyl (C=O) groups excluding carboxylic acids is 2. The number of rotatable bonds is 3. The molecular formula is C7H9N5O3. The number of hydrogen-bond acceptors (Lipinski definition) is 5. The Hall–Kier alpha value is -2.22. The van der Waals surface area contributed by atoms with Crippen molar-refractivity contribution in [2.75, 3.05) is 5.32 Å². The minimum atomic E-state index is -0.646. The second-order valence-corrected chi connectivity index (χ2v) is 2.59. The van der Waals surface area contributed by atoms with E-state index in [-0.39, 0.29) is 5.69 Å². The van der Waals surface area contributed by atoms with E-state index in [1.165, 1.54) is 12.5 Å². The number of nitrogens with one attached hydrogen (secondary N) is 3. The van der Waals surface area contributed by atoms with Crippen LogP contribution in [0, 0.1) is 0 Å². The van der Waals surface area contributed by atoms with Crippen molar-refractivity contribution in [3.8, 4) is 0 Å². The van der Waals surface area contributed by atoms with Crippen molar-refractivity contribution < 1.29 is 9.59 Å². The number of H-pyrrole nitrogens is 1. The molecule has 0 spiro atoms. The Labute approximate surface area is 83.9 Å². The van der Waals surface area contributed by atoms with Crippen LogP contribution in [0.15, 0.2) is 17.3 Å². The lowest BCUT2D eigenvalue weighted by atomic mass is 10.3. The van der Waals surface area contributed by atoms with Gasteiger partial charge in [-0.2, -0.15) is 0 Å². The fourth-order valence-electron chi connectivity index (χ4n) is 0.824. The van der Waals surface area contributed by atoms with Crippen LogP contribution in [0.25, 0.3) is 0 Å². The second-order valence-electron chi connectivity index (χ2n) is 2.59. The van der Waals surface area contributed by atoms with Crippen LogP contribution in [0.2, 0.25) is 0 Å². The molecule has 0 aliphatic rings. The quantitative estimate of drug-likeness (QED) is 0.200. The van der Waals surface area contributed by atoms with E-state index in [0.717, 1.165) is 0 Å². The molecule has 0 saturated carbocycles. The van der Waals surface area contributed by atoms with Gasteiger partial charge >= 0.3 is 0 Å². The Morgan fingerprint density at radius 1 is 1.47 bits per heavy atom. The summed E-state index contributed by atoms with van der Waals surface area (Å²) in [5, 5.41) is 2.21. The highest BCUT2D eigenvalue weighted by atomic mass is 16.2. The summed E-state index contributed by atoms with van der Waals surface area (Å²) in [5.74, 6) is 3.50. The van der Waals surface area contributed by atoms with Gasteiger partial charge in [0.05, 0.1) is 12.5 Å². The largest absolute Gasteiger partial charge is 0.320 e. The molecule has 0 aliphatic heterocycles. The molecule has 0 aromatic carbocycles. The fraction of sp³-hybridized carbons (Fsp3) is 0.143. The summed E-state index contributed by atoms with van der Waals surface area (Å²) in [7, 11) is 0. The van der Waals surface area contributed by atoms with Crippen LogP contribution >= 0.6 is 0 Å². The van der Waals surface area contributed by atoms with Crippen LogP contribution < -0.4 is 22.1 Å². The predicted molar refractivity (Wildman–Crippen MR) is 50.4 cm³/mol. The molecule has 5 N–H and O–H groups in total. The van der Waals surface area contributed by atoms with Gasteiger partial charge in [-0.3, -0.25) is 19.8 Å². The summed E-state index contributed by atoms with van der Waals surface area (Å²) in [6, 6.07) is 0. The molecule has 0 aliphatic carbocycles. The minimum Gasteiger partial charge on any atom is -0.320 e. The van der Waals surface area contributed by atoms with Gasteiger partial charge in [-0.25, -0.2) is 10.8 Å². The molecule has 1 aromatic heterocycles. The number of hydrogen-bond donors (Lipinski definition) is 4. The standard InChI is InChI=1S/C7H9N5O3/c8-12-6(14)1-5(13)11-4-2-9-3-10-7(4)15/h2-3H,1,8H2,(H,11,13)(H,12,14)(H,9,10,15). The molecular weight excluding hydrogens is 202 g/mol. The molecule has 0 radical (unpaired) electrons. The van der Waals surface area contributed by atoms with Crippen molar-refractivity contribution in [3.63, 3.8) is 0 Å². The number of nitrogens with zero attached hydrogens (tertiary/aromatic N) is 1. The van der Waals surface area contributed by atoms with Gasteiger partial charge in [0.2, 0.25) is 11.8 Å². The Bertz CT molecular complexity index is 427. The van der Waals surface area contributed by atoms with E-state index in [9.17, 15) is 14.4 Å². The SMILES string of the molecule is NNC(=O)CC(=O)Nc1cnc[nH]c1=O. The van der Waals surface area contributed by atoms with Gasteiger partial charge in [-0.1, -0.05) is 0 Å². The van der Waals surface area contributed by atoms with E-state index in [0.29, 0.717) is 0 Å². The number of nitrogens with two attached hydrogens (primary N) is 1. The first-order valence-electron chi connectivity index (χ1n) is 3.95. The smallest absolute Gasteiger partial charge is 0.274 e. The number of anilines is 1. The van der Waals surface area contributed by atoms with Crippen LogP contribution in [0.1, 0.15) is 6.42 Å². The third-order valence-corrected chi connectivity index (χ3v) is 1.47. The Morgan fingerprint density at radius 2 is 2.20 bits per heavy atom. The number of amides is 2. The maximum atomic E-state index is 11.1. The monoisotopic (exact) mass is 211 g/mol. The van der Waals surface area contributed by atoms with Crippen LogP contribution in [-0.4, -0.2) is 21.8 Å². The van der Waals surface area contributed by atoms with Crippen molar-refractivity contribution in [1.29, 1.82) is 0 Å². The second kappa shape index (κ2) is 4.86. The van der Waals surface area contributed by atoms with Gasteiger partial charge in [0.1, 0.15) is 12.1 Å². The number of aromatic amines is 1. The van der Waals surface area contributed by atoms with E-state index >= 15 is 0 Å². The minimum absolute atomic E-state index is 0.0210. The molecule has 15 heavy (non-hydrogen) atoms. The summed E-state index contributed by atoms with van der Waals surface area (Å²) in [4.78, 5) is 38.8. The van der Waals surface area contributed by atoms with Crippen molar-refractivity contribution >= 4 is 17.5 Å². The number of hydrazine groups is 1. The summed E-state index contributed by atoms with van der Waals surface area (Å²) in [6.45, 7) is 0. The average molecular weight is 211 g/mol. The summed E-state index contributed by atoms with van der Waals surface area (Å²) < 4.78 is 0. The average Bonchev–Trinajstić information content (AvgIpc) is 2.21. The van der Waals surface area contributed by atoms with Crippen LogP contribution in [-0.2, 0) is 9.59 Å². The van der Waals surface area contributed by atoms with Gasteiger partial charge in [-0.05, 0) is 0 Å². The molecule has 0 unspecified atom stereocenters. The predicted octanol–water partition coefficient (Wildman–Crippen LogP) is -1.91. The molecule has 1 heterocycles. The molecule has 1 aromatic rings. The zero-order valence-electron chi connectivity index (χ0n) is 7.61. The van der Waals surface area contributed by atoms with E-state index in [1.807, 2.05) is 0 Å². The lowest BCUT2D eigenvalue weighted by Gasteiger charge is -2.02. The van der Waals surface area contributed by atoms with E-state index < -0.39 is 23.8 Å². The fourth-order valence-corrected chi connectivity index (χ4v) is 0.824. The zero-order valence-corrected chi connectivity index (χ0v) is 7.61. The first-order chi connectivity index (χ1) is 7.13. The highest BCUT2D eigenvalue weighted by molar-refractivity contribution is 6.03. The third-order valence-electron chi connectivity index (χ3n) is 1.47. The molecule has 0 bridgehead atoms. The number of aromatic nitrogens is 2. The molecule has 0 saturated heterocycles. The van der Waals surface area contributed by atoms with Gasteiger partial charge < -0.3 is 10.3 Å². The van der Waals surface area contributed by atoms with E-state index in [2.05, 4.69) is 15.3 Å². The molecule has 80 valence electrons. The van der Waals surface area contributed by atoms with Crippen LogP contribution in [0.5, 0.6) is 0 Å². The molecule has 1 rings (SSSR count). The highest BCUT2D eigenvalue weighted by Crippen LogP contribution is 1.94. The zero-order chi connectivity index (χ0) is 11.3. The van der Waals surface area contributed by atoms with Crippen LogP contribution in [0.3, 0.4) is 0 Å². The summed E-state index contributed by atoms with van der Waals surface area (Å²) >= 11 is 0. The van der Waals surface area contributed by atoms with Crippen molar-refractivity contribution in [2.45, 2.75) is 6.42 Å². The molecule has 8 nitrogen and oxygen atoms in total. The molecule has 8 heteroatoms. The number of carbonyl (C=O) groups is 2.